The van der Waals surface area contributed by atoms with Gasteiger partial charge >= 0.3 is 5.97 Å². The lowest BCUT2D eigenvalue weighted by atomic mass is 9.88. The van der Waals surface area contributed by atoms with Crippen molar-refractivity contribution in [2.24, 2.45) is 5.92 Å². The van der Waals surface area contributed by atoms with Crippen LogP contribution in [-0.2, 0) is 28.8 Å². The highest BCUT2D eigenvalue weighted by Crippen LogP contribution is 2.40. The Kier molecular flexibility index (Phi) is 5.36. The third-order valence-corrected chi connectivity index (χ3v) is 6.21. The Bertz CT molecular complexity index is 734. The molecule has 0 aliphatic heterocycles. The summed E-state index contributed by atoms with van der Waals surface area (Å²) >= 11 is 3.09. The van der Waals surface area contributed by atoms with Crippen molar-refractivity contribution < 1.29 is 14.3 Å². The molecule has 2 aromatic rings. The van der Waals surface area contributed by atoms with Crippen molar-refractivity contribution in [1.82, 2.24) is 0 Å². The molecule has 4 nitrogen and oxygen atoms in total. The number of hydrogen-bond donors (Lipinski definition) is 1. The predicted octanol–water partition coefficient (Wildman–Crippen LogP) is 4.29. The largest absolute Gasteiger partial charge is 0.462 e. The van der Waals surface area contributed by atoms with E-state index in [0.29, 0.717) is 29.5 Å². The molecule has 0 fully saturated rings. The predicted molar refractivity (Wildman–Crippen MR) is 98.1 cm³/mol. The average molecular weight is 364 g/mol. The van der Waals surface area contributed by atoms with Gasteiger partial charge in [0.05, 0.1) is 18.6 Å². The number of thiophene rings is 2. The van der Waals surface area contributed by atoms with E-state index in [1.54, 1.807) is 18.3 Å². The lowest BCUT2D eigenvalue weighted by Gasteiger charge is -2.18. The van der Waals surface area contributed by atoms with E-state index in [2.05, 4.69) is 12.2 Å². The van der Waals surface area contributed by atoms with Gasteiger partial charge in [0.15, 0.2) is 0 Å². The maximum absolute atomic E-state index is 12.4. The zero-order valence-corrected chi connectivity index (χ0v) is 15.5. The van der Waals surface area contributed by atoms with E-state index < -0.39 is 0 Å². The molecule has 1 N–H and O–H groups in total. The molecule has 24 heavy (non-hydrogen) atoms. The molecule has 3 rings (SSSR count). The Labute approximate surface area is 149 Å². The summed E-state index contributed by atoms with van der Waals surface area (Å²) in [6, 6.07) is 3.88. The van der Waals surface area contributed by atoms with E-state index in [1.165, 1.54) is 16.2 Å². The number of amides is 1. The maximum atomic E-state index is 12.4. The number of carbonyl (C=O) groups excluding carboxylic acids is 2. The van der Waals surface area contributed by atoms with Gasteiger partial charge in [-0.15, -0.1) is 22.7 Å². The molecule has 2 aromatic heterocycles. The molecule has 1 aliphatic rings. The molecular formula is C18H21NO3S2. The van der Waals surface area contributed by atoms with Gasteiger partial charge in [0.25, 0.3) is 0 Å². The number of rotatable bonds is 5. The summed E-state index contributed by atoms with van der Waals surface area (Å²) in [6.07, 6.45) is 3.24. The fraction of sp³-hybridized carbons (Fsp3) is 0.444. The van der Waals surface area contributed by atoms with Gasteiger partial charge in [-0.2, -0.15) is 0 Å². The first-order valence-corrected chi connectivity index (χ1v) is 9.92. The zero-order valence-electron chi connectivity index (χ0n) is 13.9. The highest BCUT2D eigenvalue weighted by atomic mass is 32.1. The first-order chi connectivity index (χ1) is 11.6. The summed E-state index contributed by atoms with van der Waals surface area (Å²) in [5.74, 6) is 0.200. The molecule has 128 valence electrons. The second-order valence-corrected chi connectivity index (χ2v) is 8.22. The Morgan fingerprint density at radius 3 is 2.96 bits per heavy atom. The Hall–Kier alpha value is -1.66. The molecule has 0 bridgehead atoms. The van der Waals surface area contributed by atoms with E-state index in [4.69, 9.17) is 4.74 Å². The normalized spacial score (nSPS) is 16.5. The average Bonchev–Trinajstić information content (AvgIpc) is 3.14. The van der Waals surface area contributed by atoms with E-state index in [-0.39, 0.29) is 11.9 Å². The van der Waals surface area contributed by atoms with Crippen LogP contribution < -0.4 is 5.32 Å². The molecule has 0 saturated heterocycles. The third-order valence-electron chi connectivity index (χ3n) is 4.16. The van der Waals surface area contributed by atoms with Crippen LogP contribution in [-0.4, -0.2) is 18.5 Å². The first-order valence-electron chi connectivity index (χ1n) is 8.22. The fourth-order valence-corrected chi connectivity index (χ4v) is 5.12. The molecular weight excluding hydrogens is 342 g/mol. The van der Waals surface area contributed by atoms with Crippen molar-refractivity contribution in [3.8, 4) is 0 Å². The van der Waals surface area contributed by atoms with E-state index in [1.807, 2.05) is 17.5 Å². The van der Waals surface area contributed by atoms with Crippen LogP contribution in [0.3, 0.4) is 0 Å². The van der Waals surface area contributed by atoms with Gasteiger partial charge in [0.1, 0.15) is 5.00 Å². The van der Waals surface area contributed by atoms with E-state index in [9.17, 15) is 9.59 Å². The molecule has 0 aromatic carbocycles. The number of ether oxygens (including phenoxy) is 1. The van der Waals surface area contributed by atoms with Crippen LogP contribution >= 0.6 is 22.7 Å². The van der Waals surface area contributed by atoms with Gasteiger partial charge in [-0.25, -0.2) is 4.79 Å². The van der Waals surface area contributed by atoms with Crippen molar-refractivity contribution >= 4 is 39.6 Å². The van der Waals surface area contributed by atoms with Gasteiger partial charge in [0, 0.05) is 9.75 Å². The fourth-order valence-electron chi connectivity index (χ4n) is 3.00. The van der Waals surface area contributed by atoms with Crippen molar-refractivity contribution in [2.45, 2.75) is 39.5 Å². The lowest BCUT2D eigenvalue weighted by molar-refractivity contribution is -0.115. The van der Waals surface area contributed by atoms with E-state index >= 15 is 0 Å². The van der Waals surface area contributed by atoms with Crippen molar-refractivity contribution in [2.75, 3.05) is 11.9 Å². The molecule has 2 heterocycles. The van der Waals surface area contributed by atoms with Crippen LogP contribution in [0.2, 0.25) is 0 Å². The summed E-state index contributed by atoms with van der Waals surface area (Å²) in [5, 5.41) is 5.55. The van der Waals surface area contributed by atoms with Gasteiger partial charge < -0.3 is 10.1 Å². The summed E-state index contributed by atoms with van der Waals surface area (Å²) < 4.78 is 5.23. The molecule has 1 amide bonds. The molecule has 1 unspecified atom stereocenters. The highest BCUT2D eigenvalue weighted by molar-refractivity contribution is 7.17. The molecule has 0 saturated carbocycles. The quantitative estimate of drug-likeness (QED) is 0.806. The second-order valence-electron chi connectivity index (χ2n) is 6.08. The smallest absolute Gasteiger partial charge is 0.341 e. The van der Waals surface area contributed by atoms with Gasteiger partial charge in [0.2, 0.25) is 5.91 Å². The van der Waals surface area contributed by atoms with Crippen molar-refractivity contribution in [1.29, 1.82) is 0 Å². The van der Waals surface area contributed by atoms with Gasteiger partial charge in [-0.05, 0) is 49.1 Å². The molecule has 1 atom stereocenters. The van der Waals surface area contributed by atoms with E-state index in [0.717, 1.165) is 29.7 Å². The van der Waals surface area contributed by atoms with Crippen LogP contribution in [0, 0.1) is 5.92 Å². The molecule has 0 spiro atoms. The molecule has 1 aliphatic carbocycles. The Balaban J connectivity index is 1.85. The lowest BCUT2D eigenvalue weighted by Crippen LogP contribution is -2.17. The zero-order chi connectivity index (χ0) is 17.1. The standard InChI is InChI=1S/C18H21NO3S2/c1-3-22-18(21)16-13-7-6-11(2)9-14(13)24-17(16)19-15(20)10-12-5-4-8-23-12/h4-5,8,11H,3,6-7,9-10H2,1-2H3,(H,19,20). The maximum Gasteiger partial charge on any atom is 0.341 e. The minimum absolute atomic E-state index is 0.0883. The highest BCUT2D eigenvalue weighted by Gasteiger charge is 2.29. The monoisotopic (exact) mass is 363 g/mol. The van der Waals surface area contributed by atoms with Crippen LogP contribution in [0.15, 0.2) is 17.5 Å². The number of nitrogens with one attached hydrogen (secondary N) is 1. The topological polar surface area (TPSA) is 55.4 Å². The summed E-state index contributed by atoms with van der Waals surface area (Å²) in [7, 11) is 0. The molecule has 0 radical (unpaired) electrons. The summed E-state index contributed by atoms with van der Waals surface area (Å²) in [5.41, 5.74) is 1.64. The number of fused-ring (bicyclic) bond motifs is 1. The van der Waals surface area contributed by atoms with Crippen LogP contribution in [0.5, 0.6) is 0 Å². The van der Waals surface area contributed by atoms with Crippen LogP contribution in [0.1, 0.15) is 45.9 Å². The van der Waals surface area contributed by atoms with Gasteiger partial charge in [-0.3, -0.25) is 4.79 Å². The second kappa shape index (κ2) is 7.49. The van der Waals surface area contributed by atoms with Crippen molar-refractivity contribution in [3.05, 3.63) is 38.4 Å². The van der Waals surface area contributed by atoms with Crippen molar-refractivity contribution in [3.63, 3.8) is 0 Å². The summed E-state index contributed by atoms with van der Waals surface area (Å²) in [4.78, 5) is 27.0. The molecule has 6 heteroatoms. The number of anilines is 1. The number of hydrogen-bond acceptors (Lipinski definition) is 5. The Morgan fingerprint density at radius 1 is 1.42 bits per heavy atom. The minimum Gasteiger partial charge on any atom is -0.462 e. The van der Waals surface area contributed by atoms with Crippen LogP contribution in [0.4, 0.5) is 5.00 Å². The van der Waals surface area contributed by atoms with Gasteiger partial charge in [-0.1, -0.05) is 13.0 Å². The first kappa shape index (κ1) is 17.2. The van der Waals surface area contributed by atoms with Crippen LogP contribution in [0.25, 0.3) is 0 Å². The SMILES string of the molecule is CCOC(=O)c1c(NC(=O)Cc2cccs2)sc2c1CCC(C)C2. The minimum atomic E-state index is -0.323. The number of esters is 1. The Morgan fingerprint density at radius 2 is 2.25 bits per heavy atom. The summed E-state index contributed by atoms with van der Waals surface area (Å²) in [6.45, 7) is 4.36. The number of carbonyl (C=O) groups is 2. The third kappa shape index (κ3) is 3.70.